The number of aromatic nitrogens is 2. The Kier molecular flexibility index (Phi) is 4.32. The number of hydrogen-bond acceptors (Lipinski definition) is 2. The Morgan fingerprint density at radius 1 is 1.29 bits per heavy atom. The molecule has 4 nitrogen and oxygen atoms in total. The van der Waals surface area contributed by atoms with Crippen molar-refractivity contribution in [1.29, 1.82) is 0 Å². The fourth-order valence-electron chi connectivity index (χ4n) is 3.47. The third kappa shape index (κ3) is 3.47. The van der Waals surface area contributed by atoms with Crippen LogP contribution < -0.4 is 0 Å². The van der Waals surface area contributed by atoms with Gasteiger partial charge >= 0.3 is 0 Å². The van der Waals surface area contributed by atoms with E-state index in [1.807, 2.05) is 24.9 Å². The molecule has 2 saturated carbocycles. The van der Waals surface area contributed by atoms with Crippen molar-refractivity contribution in [3.8, 4) is 0 Å². The molecule has 0 bridgehead atoms. The lowest BCUT2D eigenvalue weighted by Crippen LogP contribution is -2.38. The van der Waals surface area contributed by atoms with Gasteiger partial charge in [0, 0.05) is 30.9 Å². The van der Waals surface area contributed by atoms with Gasteiger partial charge in [-0.25, -0.2) is 0 Å². The van der Waals surface area contributed by atoms with Gasteiger partial charge in [0.05, 0.1) is 12.6 Å². The maximum absolute atomic E-state index is 12.7. The molecule has 0 atom stereocenters. The van der Waals surface area contributed by atoms with Gasteiger partial charge in [0.1, 0.15) is 0 Å². The molecule has 1 heterocycles. The number of amides is 1. The van der Waals surface area contributed by atoms with Gasteiger partial charge in [-0.2, -0.15) is 5.10 Å². The molecule has 2 aliphatic rings. The van der Waals surface area contributed by atoms with Crippen LogP contribution in [0.25, 0.3) is 0 Å². The summed E-state index contributed by atoms with van der Waals surface area (Å²) in [7, 11) is 1.93. The van der Waals surface area contributed by atoms with Crippen molar-refractivity contribution in [2.45, 2.75) is 64.3 Å². The van der Waals surface area contributed by atoms with E-state index in [4.69, 9.17) is 0 Å². The molecule has 0 aliphatic heterocycles. The number of nitrogens with zero attached hydrogens (tertiary/aromatic N) is 3. The zero-order chi connectivity index (χ0) is 14.8. The summed E-state index contributed by atoms with van der Waals surface area (Å²) in [5, 5.41) is 4.25. The second kappa shape index (κ2) is 6.20. The highest BCUT2D eigenvalue weighted by atomic mass is 16.2. The number of rotatable bonds is 5. The van der Waals surface area contributed by atoms with Crippen molar-refractivity contribution in [2.24, 2.45) is 13.0 Å². The second-order valence-corrected chi connectivity index (χ2v) is 6.84. The van der Waals surface area contributed by atoms with E-state index in [1.165, 1.54) is 44.9 Å². The molecule has 0 unspecified atom stereocenters. The molecule has 0 saturated heterocycles. The smallest absolute Gasteiger partial charge is 0.227 e. The van der Waals surface area contributed by atoms with Gasteiger partial charge in [-0.3, -0.25) is 9.48 Å². The first-order chi connectivity index (χ1) is 10.1. The van der Waals surface area contributed by atoms with Gasteiger partial charge in [-0.1, -0.05) is 19.3 Å². The van der Waals surface area contributed by atoms with Gasteiger partial charge < -0.3 is 4.90 Å². The fraction of sp³-hybridized carbons (Fsp3) is 0.765. The number of aryl methyl sites for hydroxylation is 1. The highest BCUT2D eigenvalue weighted by molar-refractivity contribution is 5.79. The van der Waals surface area contributed by atoms with Gasteiger partial charge in [0.2, 0.25) is 5.91 Å². The number of hydrogen-bond donors (Lipinski definition) is 0. The van der Waals surface area contributed by atoms with Crippen LogP contribution in [0.3, 0.4) is 0 Å². The molecular formula is C17H27N3O. The van der Waals surface area contributed by atoms with E-state index >= 15 is 0 Å². The highest BCUT2D eigenvalue weighted by Gasteiger charge is 2.34. The van der Waals surface area contributed by atoms with Crippen LogP contribution in [-0.2, 0) is 18.3 Å². The first-order valence-corrected chi connectivity index (χ1v) is 8.42. The Bertz CT molecular complexity index is 498. The minimum atomic E-state index is 0.305. The van der Waals surface area contributed by atoms with Crippen LogP contribution in [0.4, 0.5) is 0 Å². The summed E-state index contributed by atoms with van der Waals surface area (Å²) >= 11 is 0. The van der Waals surface area contributed by atoms with Gasteiger partial charge in [-0.15, -0.1) is 0 Å². The molecule has 0 spiro atoms. The predicted molar refractivity (Wildman–Crippen MR) is 83.0 cm³/mol. The largest absolute Gasteiger partial charge is 0.339 e. The topological polar surface area (TPSA) is 38.1 Å². The Balaban J connectivity index is 1.63. The van der Waals surface area contributed by atoms with Crippen LogP contribution in [-0.4, -0.2) is 33.2 Å². The average Bonchev–Trinajstić information content (AvgIpc) is 3.28. The van der Waals surface area contributed by atoms with E-state index in [1.54, 1.807) is 0 Å². The van der Waals surface area contributed by atoms with E-state index in [9.17, 15) is 4.79 Å². The number of carbonyl (C=O) groups excluding carboxylic acids is 1. The maximum Gasteiger partial charge on any atom is 0.227 e. The number of carbonyl (C=O) groups is 1. The highest BCUT2D eigenvalue weighted by Crippen LogP contribution is 2.31. The van der Waals surface area contributed by atoms with Crippen molar-refractivity contribution in [3.63, 3.8) is 0 Å². The lowest BCUT2D eigenvalue weighted by Gasteiger charge is -2.30. The minimum Gasteiger partial charge on any atom is -0.339 e. The molecule has 4 heteroatoms. The summed E-state index contributed by atoms with van der Waals surface area (Å²) in [5.74, 6) is 1.04. The van der Waals surface area contributed by atoms with Crippen LogP contribution in [0.1, 0.15) is 56.2 Å². The summed E-state index contributed by atoms with van der Waals surface area (Å²) in [5.41, 5.74) is 2.19. The molecule has 1 aromatic heterocycles. The van der Waals surface area contributed by atoms with Crippen molar-refractivity contribution in [3.05, 3.63) is 17.5 Å². The first-order valence-electron chi connectivity index (χ1n) is 8.42. The van der Waals surface area contributed by atoms with Crippen LogP contribution in [0.2, 0.25) is 0 Å². The average molecular weight is 289 g/mol. The van der Waals surface area contributed by atoms with Crippen molar-refractivity contribution in [1.82, 2.24) is 14.7 Å². The Morgan fingerprint density at radius 2 is 2.00 bits per heavy atom. The molecule has 1 aromatic rings. The van der Waals surface area contributed by atoms with Crippen molar-refractivity contribution < 1.29 is 4.79 Å². The van der Waals surface area contributed by atoms with Crippen LogP contribution in [0, 0.1) is 12.8 Å². The van der Waals surface area contributed by atoms with E-state index < -0.39 is 0 Å². The van der Waals surface area contributed by atoms with Crippen molar-refractivity contribution in [2.75, 3.05) is 6.54 Å². The van der Waals surface area contributed by atoms with Gasteiger partial charge in [0.25, 0.3) is 0 Å². The third-order valence-corrected chi connectivity index (χ3v) is 5.17. The summed E-state index contributed by atoms with van der Waals surface area (Å²) in [6, 6.07) is 0.524. The monoisotopic (exact) mass is 289 g/mol. The van der Waals surface area contributed by atoms with Gasteiger partial charge in [0.15, 0.2) is 0 Å². The molecule has 116 valence electrons. The molecular weight excluding hydrogens is 262 g/mol. The Labute approximate surface area is 127 Å². The maximum atomic E-state index is 12.7. The molecule has 0 radical (unpaired) electrons. The van der Waals surface area contributed by atoms with E-state index in [2.05, 4.69) is 10.00 Å². The lowest BCUT2D eigenvalue weighted by atomic mass is 9.89. The standard InChI is InChI=1S/C17H27N3O/c1-13-15(11-18-19(13)2)10-17(21)20(16-8-9-16)12-14-6-4-3-5-7-14/h11,14,16H,3-10,12H2,1-2H3. The second-order valence-electron chi connectivity index (χ2n) is 6.84. The summed E-state index contributed by atoms with van der Waals surface area (Å²) in [4.78, 5) is 14.9. The molecule has 21 heavy (non-hydrogen) atoms. The quantitative estimate of drug-likeness (QED) is 0.836. The van der Waals surface area contributed by atoms with Gasteiger partial charge in [-0.05, 0) is 38.5 Å². The van der Waals surface area contributed by atoms with E-state index in [0.717, 1.165) is 23.7 Å². The third-order valence-electron chi connectivity index (χ3n) is 5.17. The van der Waals surface area contributed by atoms with E-state index in [-0.39, 0.29) is 0 Å². The summed E-state index contributed by atoms with van der Waals surface area (Å²) < 4.78 is 1.85. The predicted octanol–water partition coefficient (Wildman–Crippen LogP) is 2.84. The summed E-state index contributed by atoms with van der Waals surface area (Å²) in [6.45, 7) is 3.03. The lowest BCUT2D eigenvalue weighted by molar-refractivity contribution is -0.131. The zero-order valence-electron chi connectivity index (χ0n) is 13.3. The van der Waals surface area contributed by atoms with Crippen LogP contribution >= 0.6 is 0 Å². The molecule has 0 N–H and O–H groups in total. The first kappa shape index (κ1) is 14.6. The Hall–Kier alpha value is -1.32. The van der Waals surface area contributed by atoms with Crippen LogP contribution in [0.5, 0.6) is 0 Å². The zero-order valence-corrected chi connectivity index (χ0v) is 13.3. The summed E-state index contributed by atoms with van der Waals surface area (Å²) in [6.07, 6.45) is 11.4. The minimum absolute atomic E-state index is 0.305. The molecule has 0 aromatic carbocycles. The fourth-order valence-corrected chi connectivity index (χ4v) is 3.47. The Morgan fingerprint density at radius 3 is 2.57 bits per heavy atom. The SMILES string of the molecule is Cc1c(CC(=O)N(CC2CCCCC2)C2CC2)cnn1C. The molecule has 3 rings (SSSR count). The molecule has 1 amide bonds. The normalized spacial score (nSPS) is 19.7. The van der Waals surface area contributed by atoms with Crippen LogP contribution in [0.15, 0.2) is 6.20 Å². The molecule has 2 fully saturated rings. The van der Waals surface area contributed by atoms with Crippen molar-refractivity contribution >= 4 is 5.91 Å². The van der Waals surface area contributed by atoms with E-state index in [0.29, 0.717) is 18.4 Å². The molecule has 2 aliphatic carbocycles.